The highest BCUT2D eigenvalue weighted by atomic mass is 79.9. The Hall–Kier alpha value is -4.33. The Labute approximate surface area is 353 Å². The third-order valence-electron chi connectivity index (χ3n) is 11.7. The van der Waals surface area contributed by atoms with Crippen molar-refractivity contribution in [3.63, 3.8) is 0 Å². The monoisotopic (exact) mass is 887 g/mol. The first-order valence-electron chi connectivity index (χ1n) is 19.7. The van der Waals surface area contributed by atoms with Crippen LogP contribution < -0.4 is 30.9 Å². The molecule has 16 heteroatoms. The molecule has 3 fully saturated rings. The summed E-state index contributed by atoms with van der Waals surface area (Å²) in [6.45, 7) is 11.5. The van der Waals surface area contributed by atoms with Crippen LogP contribution in [0.3, 0.4) is 0 Å². The number of nitrogens with zero attached hydrogens (tertiary/aromatic N) is 6. The van der Waals surface area contributed by atoms with E-state index in [1.54, 1.807) is 18.2 Å². The molecule has 3 aromatic carbocycles. The summed E-state index contributed by atoms with van der Waals surface area (Å²) in [4.78, 5) is 55.8. The summed E-state index contributed by atoms with van der Waals surface area (Å²) in [6, 6.07) is 18.3. The molecule has 58 heavy (non-hydrogen) atoms. The molecule has 5 heterocycles. The second kappa shape index (κ2) is 17.5. The van der Waals surface area contributed by atoms with Crippen LogP contribution in [-0.4, -0.2) is 114 Å². The van der Waals surface area contributed by atoms with E-state index in [0.29, 0.717) is 47.1 Å². The number of rotatable bonds is 11. The lowest BCUT2D eigenvalue weighted by Crippen LogP contribution is -2.53. The van der Waals surface area contributed by atoms with Crippen LogP contribution in [0.5, 0.6) is 5.75 Å². The van der Waals surface area contributed by atoms with Gasteiger partial charge in [0, 0.05) is 92.3 Å². The average molecular weight is 889 g/mol. The number of anilines is 5. The third-order valence-corrected chi connectivity index (χ3v) is 14.3. The van der Waals surface area contributed by atoms with E-state index in [1.165, 1.54) is 5.30 Å². The van der Waals surface area contributed by atoms with E-state index in [-0.39, 0.29) is 26.2 Å². The molecule has 1 aromatic heterocycles. The van der Waals surface area contributed by atoms with Gasteiger partial charge in [-0.05, 0) is 73.3 Å². The van der Waals surface area contributed by atoms with Crippen LogP contribution in [0.15, 0.2) is 65.3 Å². The summed E-state index contributed by atoms with van der Waals surface area (Å²) >= 11 is 10.3. The first kappa shape index (κ1) is 40.4. The van der Waals surface area contributed by atoms with Gasteiger partial charge in [-0.15, -0.1) is 0 Å². The average Bonchev–Trinajstić information content (AvgIpc) is 3.56. The molecule has 4 aliphatic rings. The lowest BCUT2D eigenvalue weighted by molar-refractivity contribution is -0.136. The van der Waals surface area contributed by atoms with Crippen LogP contribution in [0.25, 0.3) is 0 Å². The Balaban J connectivity index is 0.832. The molecule has 0 spiro atoms. The molecule has 0 radical (unpaired) electrons. The zero-order valence-electron chi connectivity index (χ0n) is 32.9. The smallest absolute Gasteiger partial charge is 0.255 e. The number of imide groups is 1. The van der Waals surface area contributed by atoms with Crippen molar-refractivity contribution in [3.05, 3.63) is 87.0 Å². The molecule has 3 N–H and O–H groups in total. The van der Waals surface area contributed by atoms with Crippen molar-refractivity contribution >= 4 is 87.3 Å². The Kier molecular flexibility index (Phi) is 12.2. The Morgan fingerprint density at radius 2 is 1.72 bits per heavy atom. The van der Waals surface area contributed by atoms with Crippen molar-refractivity contribution in [1.29, 1.82) is 0 Å². The maximum atomic E-state index is 13.3. The fraction of sp³-hybridized carbons (Fsp3) is 0.405. The fourth-order valence-electron chi connectivity index (χ4n) is 8.50. The Morgan fingerprint density at radius 1 is 0.948 bits per heavy atom. The van der Waals surface area contributed by atoms with Gasteiger partial charge in [-0.25, -0.2) is 4.98 Å². The summed E-state index contributed by atoms with van der Waals surface area (Å²) in [5.74, 6) is 0.844. The molecule has 8 rings (SSSR count). The molecule has 0 bridgehead atoms. The van der Waals surface area contributed by atoms with Gasteiger partial charge in [-0.3, -0.25) is 29.5 Å². The zero-order valence-corrected chi connectivity index (χ0v) is 36.2. The topological polar surface area (TPSA) is 135 Å². The summed E-state index contributed by atoms with van der Waals surface area (Å²) in [6.07, 6.45) is 4.38. The predicted octanol–water partition coefficient (Wildman–Crippen LogP) is 6.30. The summed E-state index contributed by atoms with van der Waals surface area (Å²) in [5, 5.41) is 10.8. The largest absolute Gasteiger partial charge is 0.494 e. The molecule has 304 valence electrons. The van der Waals surface area contributed by atoms with Gasteiger partial charge >= 0.3 is 0 Å². The van der Waals surface area contributed by atoms with Crippen molar-refractivity contribution in [2.24, 2.45) is 0 Å². The maximum absolute atomic E-state index is 13.3. The highest BCUT2D eigenvalue weighted by molar-refractivity contribution is 9.10. The lowest BCUT2D eigenvalue weighted by atomic mass is 10.0. The van der Waals surface area contributed by atoms with E-state index in [9.17, 15) is 14.4 Å². The minimum Gasteiger partial charge on any atom is -0.494 e. The van der Waals surface area contributed by atoms with Crippen molar-refractivity contribution in [1.82, 2.24) is 30.0 Å². The molecule has 3 amide bonds. The molecule has 13 nitrogen and oxygen atoms in total. The second-order valence-electron chi connectivity index (χ2n) is 15.4. The summed E-state index contributed by atoms with van der Waals surface area (Å²) < 4.78 is 6.78. The second-order valence-corrected chi connectivity index (χ2v) is 18.9. The number of hydrogen-bond donors (Lipinski definition) is 3. The fourth-order valence-corrected chi connectivity index (χ4v) is 10.2. The van der Waals surface area contributed by atoms with E-state index in [1.807, 2.05) is 36.4 Å². The van der Waals surface area contributed by atoms with Crippen LogP contribution >= 0.6 is 35.5 Å². The number of benzene rings is 3. The van der Waals surface area contributed by atoms with E-state index in [0.717, 1.165) is 91.3 Å². The number of hydrogen-bond acceptors (Lipinski definition) is 11. The molecule has 4 aliphatic heterocycles. The molecule has 1 atom stereocenters. The number of carbonyl (C=O) groups is 3. The first-order valence-corrected chi connectivity index (χ1v) is 23.1. The minimum atomic E-state index is -0.619. The number of amides is 3. The number of piperazine rings is 1. The van der Waals surface area contributed by atoms with E-state index in [4.69, 9.17) is 21.3 Å². The van der Waals surface area contributed by atoms with Gasteiger partial charge in [0.1, 0.15) is 16.8 Å². The van der Waals surface area contributed by atoms with Crippen LogP contribution in [0.2, 0.25) is 5.02 Å². The standard InChI is InChI=1S/C42H48BrClN9O4P/c1-57-35-22-28(9-11-32(35)47-42-45-23-31(44)39(49-42)46-33-6-4-5-7-36(33)58(2)3)51-16-14-27(15-17-51)52-20-18-50(19-21-52)24-26-8-10-29-30(38(26)43)25-53(41(29)56)34-12-13-37(54)48-40(34)55/h4-11,22-23,27,34H,12-21,24-25H2,1-3H3,(H,48,54,55)(H2,45,46,47,49). The third kappa shape index (κ3) is 8.54. The highest BCUT2D eigenvalue weighted by Crippen LogP contribution is 2.37. The molecule has 1 unspecified atom stereocenters. The number of carbonyl (C=O) groups excluding carboxylic acids is 3. The zero-order chi connectivity index (χ0) is 40.5. The Morgan fingerprint density at radius 3 is 2.47 bits per heavy atom. The number of nitrogens with one attached hydrogen (secondary N) is 3. The molecular weight excluding hydrogens is 841 g/mol. The van der Waals surface area contributed by atoms with Gasteiger partial charge < -0.3 is 25.2 Å². The number of ether oxygens (including phenoxy) is 1. The van der Waals surface area contributed by atoms with Gasteiger partial charge in [-0.2, -0.15) is 4.98 Å². The number of para-hydroxylation sites is 1. The normalized spacial score (nSPS) is 19.4. The molecule has 4 aromatic rings. The van der Waals surface area contributed by atoms with Gasteiger partial charge in [-0.1, -0.05) is 59.7 Å². The minimum absolute atomic E-state index is 0.152. The van der Waals surface area contributed by atoms with E-state index in [2.05, 4.69) is 83.1 Å². The van der Waals surface area contributed by atoms with Crippen LogP contribution in [0.4, 0.5) is 28.8 Å². The van der Waals surface area contributed by atoms with Crippen LogP contribution in [0.1, 0.15) is 47.2 Å². The number of fused-ring (bicyclic) bond motifs is 1. The Bertz CT molecular complexity index is 2210. The maximum Gasteiger partial charge on any atom is 0.255 e. The van der Waals surface area contributed by atoms with Crippen molar-refractivity contribution in [3.8, 4) is 5.75 Å². The SMILES string of the molecule is COc1cc(N2CCC(N3CCN(Cc4ccc5c(c4Br)CN(C4CCC(=O)NC4=O)C5=O)CC3)CC2)ccc1Nc1ncc(Cl)c(Nc2ccccc2P(C)C)n1. The number of piperidine rings is 2. The summed E-state index contributed by atoms with van der Waals surface area (Å²) in [7, 11) is 1.36. The highest BCUT2D eigenvalue weighted by Gasteiger charge is 2.40. The van der Waals surface area contributed by atoms with Crippen molar-refractivity contribution < 1.29 is 19.1 Å². The van der Waals surface area contributed by atoms with Gasteiger partial charge in [0.05, 0.1) is 19.0 Å². The predicted molar refractivity (Wildman–Crippen MR) is 234 cm³/mol. The van der Waals surface area contributed by atoms with Gasteiger partial charge in [0.2, 0.25) is 17.8 Å². The van der Waals surface area contributed by atoms with Crippen molar-refractivity contribution in [2.45, 2.75) is 50.9 Å². The van der Waals surface area contributed by atoms with Crippen LogP contribution in [0, 0.1) is 0 Å². The quantitative estimate of drug-likeness (QED) is 0.116. The van der Waals surface area contributed by atoms with E-state index >= 15 is 0 Å². The number of halogens is 2. The van der Waals surface area contributed by atoms with Crippen LogP contribution in [-0.2, 0) is 22.7 Å². The molecular formula is C42H48BrClN9O4P. The van der Waals surface area contributed by atoms with E-state index < -0.39 is 11.9 Å². The summed E-state index contributed by atoms with van der Waals surface area (Å²) in [5.41, 5.74) is 5.57. The molecule has 0 saturated carbocycles. The number of aromatic nitrogens is 2. The lowest BCUT2D eigenvalue weighted by Gasteiger charge is -2.43. The van der Waals surface area contributed by atoms with Crippen molar-refractivity contribution in [2.75, 3.05) is 75.2 Å². The van der Waals surface area contributed by atoms with Gasteiger partial charge in [0.25, 0.3) is 5.91 Å². The molecule has 3 saturated heterocycles. The molecule has 0 aliphatic carbocycles. The number of methoxy groups -OCH3 is 1. The van der Waals surface area contributed by atoms with Gasteiger partial charge in [0.15, 0.2) is 5.82 Å². The first-order chi connectivity index (χ1) is 28.1.